The van der Waals surface area contributed by atoms with Crippen molar-refractivity contribution in [1.29, 1.82) is 0 Å². The van der Waals surface area contributed by atoms with Crippen LogP contribution in [0.3, 0.4) is 0 Å². The zero-order chi connectivity index (χ0) is 15.9. The molecule has 7 heteroatoms. The predicted octanol–water partition coefficient (Wildman–Crippen LogP) is 1.23. The van der Waals surface area contributed by atoms with Gasteiger partial charge < -0.3 is 4.74 Å². The van der Waals surface area contributed by atoms with Crippen molar-refractivity contribution in [3.05, 3.63) is 29.6 Å². The molecule has 1 aromatic carbocycles. The summed E-state index contributed by atoms with van der Waals surface area (Å²) in [5, 5.41) is 0. The third-order valence-electron chi connectivity index (χ3n) is 4.61. The molecule has 0 aromatic heterocycles. The molecule has 2 saturated heterocycles. The smallest absolute Gasteiger partial charge is 0.243 e. The summed E-state index contributed by atoms with van der Waals surface area (Å²) in [7, 11) is -1.68. The minimum absolute atomic E-state index is 0.0217. The fourth-order valence-corrected chi connectivity index (χ4v) is 4.60. The zero-order valence-electron chi connectivity index (χ0n) is 12.8. The number of hydrogen-bond acceptors (Lipinski definition) is 4. The van der Waals surface area contributed by atoms with Crippen LogP contribution in [0, 0.1) is 12.7 Å². The largest absolute Gasteiger partial charge is 0.375 e. The first kappa shape index (κ1) is 15.9. The summed E-state index contributed by atoms with van der Waals surface area (Å²) in [6, 6.07) is 4.15. The molecule has 0 unspecified atom stereocenters. The second-order valence-electron chi connectivity index (χ2n) is 6.02. The van der Waals surface area contributed by atoms with Crippen LogP contribution in [-0.2, 0) is 14.8 Å². The van der Waals surface area contributed by atoms with E-state index in [1.165, 1.54) is 16.4 Å². The van der Waals surface area contributed by atoms with E-state index in [4.69, 9.17) is 4.74 Å². The van der Waals surface area contributed by atoms with Crippen LogP contribution in [0.2, 0.25) is 0 Å². The van der Waals surface area contributed by atoms with Crippen LogP contribution in [-0.4, -0.2) is 63.1 Å². The first-order valence-corrected chi connectivity index (χ1v) is 8.92. The van der Waals surface area contributed by atoms with E-state index in [-0.39, 0.29) is 17.0 Å². The van der Waals surface area contributed by atoms with E-state index in [1.807, 2.05) is 7.05 Å². The molecule has 122 valence electrons. The number of likely N-dealkylation sites (N-methyl/N-ethyl adjacent to an activating group) is 1. The lowest BCUT2D eigenvalue weighted by molar-refractivity contribution is -0.0840. The molecular weight excluding hydrogens is 307 g/mol. The summed E-state index contributed by atoms with van der Waals surface area (Å²) in [5.74, 6) is -0.492. The number of rotatable bonds is 2. The Morgan fingerprint density at radius 1 is 1.32 bits per heavy atom. The number of aryl methyl sites for hydroxylation is 1. The monoisotopic (exact) mass is 328 g/mol. The quantitative estimate of drug-likeness (QED) is 0.819. The first-order valence-electron chi connectivity index (χ1n) is 7.48. The fourth-order valence-electron chi connectivity index (χ4n) is 3.11. The number of fused-ring (bicyclic) bond motifs is 1. The number of hydrogen-bond donors (Lipinski definition) is 0. The zero-order valence-corrected chi connectivity index (χ0v) is 13.6. The van der Waals surface area contributed by atoms with E-state index < -0.39 is 15.8 Å². The van der Waals surface area contributed by atoms with Crippen molar-refractivity contribution in [2.75, 3.05) is 33.3 Å². The van der Waals surface area contributed by atoms with Gasteiger partial charge in [0, 0.05) is 25.7 Å². The van der Waals surface area contributed by atoms with Crippen molar-refractivity contribution in [3.63, 3.8) is 0 Å². The number of sulfonamides is 1. The van der Waals surface area contributed by atoms with E-state index >= 15 is 0 Å². The van der Waals surface area contributed by atoms with Gasteiger partial charge in [0.25, 0.3) is 0 Å². The molecule has 0 spiro atoms. The van der Waals surface area contributed by atoms with Crippen molar-refractivity contribution >= 4 is 10.0 Å². The summed E-state index contributed by atoms with van der Waals surface area (Å²) in [6.07, 6.45) is 0.753. The lowest BCUT2D eigenvalue weighted by Crippen LogP contribution is -2.59. The lowest BCUT2D eigenvalue weighted by Gasteiger charge is -2.45. The van der Waals surface area contributed by atoms with Gasteiger partial charge in [-0.15, -0.1) is 0 Å². The van der Waals surface area contributed by atoms with Gasteiger partial charge in [-0.3, -0.25) is 4.90 Å². The van der Waals surface area contributed by atoms with Crippen LogP contribution in [0.1, 0.15) is 12.0 Å². The summed E-state index contributed by atoms with van der Waals surface area (Å²) in [5.41, 5.74) is 0.443. The molecule has 2 heterocycles. The molecule has 0 saturated carbocycles. The molecule has 0 amide bonds. The van der Waals surface area contributed by atoms with E-state index in [0.717, 1.165) is 12.6 Å². The van der Waals surface area contributed by atoms with Crippen LogP contribution in [0.4, 0.5) is 4.39 Å². The molecule has 0 aliphatic carbocycles. The maximum atomic E-state index is 13.7. The highest BCUT2D eigenvalue weighted by Gasteiger charge is 2.39. The minimum Gasteiger partial charge on any atom is -0.375 e. The van der Waals surface area contributed by atoms with E-state index in [1.54, 1.807) is 6.92 Å². The van der Waals surface area contributed by atoms with Gasteiger partial charge in [0.15, 0.2) is 0 Å². The molecule has 2 aliphatic rings. The minimum atomic E-state index is -3.66. The predicted molar refractivity (Wildman–Crippen MR) is 80.7 cm³/mol. The molecular formula is C15H21FN2O3S. The second kappa shape index (κ2) is 5.88. The average Bonchev–Trinajstić information content (AvgIpc) is 2.50. The maximum absolute atomic E-state index is 13.7. The highest BCUT2D eigenvalue weighted by Crippen LogP contribution is 2.27. The first-order chi connectivity index (χ1) is 10.4. The molecule has 2 atom stereocenters. The molecule has 5 nitrogen and oxygen atoms in total. The summed E-state index contributed by atoms with van der Waals surface area (Å²) in [6.45, 7) is 3.90. The Hall–Kier alpha value is -1.02. The molecule has 22 heavy (non-hydrogen) atoms. The Balaban J connectivity index is 1.84. The number of halogens is 1. The standard InChI is InChI=1S/C15H21FN2O3S/c1-11-3-4-12(9-13(11)16)22(19,20)18-6-5-15-14(10-18)17(2)7-8-21-15/h3-4,9,14-15H,5-8,10H2,1-2H3/t14-,15+/m0/s1. The van der Waals surface area contributed by atoms with Crippen LogP contribution < -0.4 is 0 Å². The molecule has 1 aromatic rings. The topological polar surface area (TPSA) is 49.9 Å². The van der Waals surface area contributed by atoms with Gasteiger partial charge in [0.1, 0.15) is 5.82 Å². The van der Waals surface area contributed by atoms with Gasteiger partial charge in [-0.2, -0.15) is 4.31 Å². The maximum Gasteiger partial charge on any atom is 0.243 e. The molecule has 2 fully saturated rings. The summed E-state index contributed by atoms with van der Waals surface area (Å²) < 4.78 is 46.3. The SMILES string of the molecule is Cc1ccc(S(=O)(=O)N2CC[C@H]3OCCN(C)[C@H]3C2)cc1F. The Labute approximate surface area is 130 Å². The Morgan fingerprint density at radius 3 is 2.82 bits per heavy atom. The Kier molecular flexibility index (Phi) is 4.24. The van der Waals surface area contributed by atoms with Crippen molar-refractivity contribution in [3.8, 4) is 0 Å². The van der Waals surface area contributed by atoms with E-state index in [9.17, 15) is 12.8 Å². The van der Waals surface area contributed by atoms with Gasteiger partial charge in [-0.05, 0) is 38.1 Å². The molecule has 0 radical (unpaired) electrons. The lowest BCUT2D eigenvalue weighted by atomic mass is 10.0. The number of piperidine rings is 1. The number of ether oxygens (including phenoxy) is 1. The van der Waals surface area contributed by atoms with Gasteiger partial charge in [-0.1, -0.05) is 6.07 Å². The summed E-state index contributed by atoms with van der Waals surface area (Å²) >= 11 is 0. The molecule has 3 rings (SSSR count). The van der Waals surface area contributed by atoms with Crippen LogP contribution in [0.15, 0.2) is 23.1 Å². The van der Waals surface area contributed by atoms with Crippen LogP contribution in [0.5, 0.6) is 0 Å². The Morgan fingerprint density at radius 2 is 2.09 bits per heavy atom. The normalized spacial score (nSPS) is 27.6. The number of benzene rings is 1. The van der Waals surface area contributed by atoms with Crippen LogP contribution >= 0.6 is 0 Å². The molecule has 0 N–H and O–H groups in total. The summed E-state index contributed by atoms with van der Waals surface area (Å²) in [4.78, 5) is 2.17. The number of nitrogens with zero attached hydrogens (tertiary/aromatic N) is 2. The average molecular weight is 328 g/mol. The van der Waals surface area contributed by atoms with Crippen molar-refractivity contribution < 1.29 is 17.5 Å². The van der Waals surface area contributed by atoms with Crippen molar-refractivity contribution in [2.45, 2.75) is 30.4 Å². The van der Waals surface area contributed by atoms with Gasteiger partial charge in [0.05, 0.1) is 17.6 Å². The third kappa shape index (κ3) is 2.78. The van der Waals surface area contributed by atoms with Gasteiger partial charge >= 0.3 is 0 Å². The van der Waals surface area contributed by atoms with Crippen molar-refractivity contribution in [2.24, 2.45) is 0 Å². The highest BCUT2D eigenvalue weighted by molar-refractivity contribution is 7.89. The molecule has 2 aliphatic heterocycles. The third-order valence-corrected chi connectivity index (χ3v) is 6.47. The highest BCUT2D eigenvalue weighted by atomic mass is 32.2. The number of morpholine rings is 1. The van der Waals surface area contributed by atoms with Gasteiger partial charge in [0.2, 0.25) is 10.0 Å². The Bertz CT molecular complexity index is 665. The van der Waals surface area contributed by atoms with Crippen LogP contribution in [0.25, 0.3) is 0 Å². The van der Waals surface area contributed by atoms with Crippen molar-refractivity contribution in [1.82, 2.24) is 9.21 Å². The fraction of sp³-hybridized carbons (Fsp3) is 0.600. The van der Waals surface area contributed by atoms with E-state index in [2.05, 4.69) is 4.90 Å². The van der Waals surface area contributed by atoms with E-state index in [0.29, 0.717) is 31.7 Å². The van der Waals surface area contributed by atoms with Gasteiger partial charge in [-0.25, -0.2) is 12.8 Å². The molecule has 0 bridgehead atoms. The second-order valence-corrected chi connectivity index (χ2v) is 7.96.